The summed E-state index contributed by atoms with van der Waals surface area (Å²) in [6.45, 7) is 0.681. The van der Waals surface area contributed by atoms with Gasteiger partial charge in [0.15, 0.2) is 0 Å². The molecule has 1 saturated heterocycles. The van der Waals surface area contributed by atoms with Gasteiger partial charge in [0.2, 0.25) is 11.8 Å². The highest BCUT2D eigenvalue weighted by Gasteiger charge is 2.25. The highest BCUT2D eigenvalue weighted by Crippen LogP contribution is 2.28. The van der Waals surface area contributed by atoms with E-state index in [9.17, 15) is 4.79 Å². The quantitative estimate of drug-likeness (QED) is 0.750. The lowest BCUT2D eigenvalue weighted by Crippen LogP contribution is -2.13. The molecule has 0 aromatic carbocycles. The Morgan fingerprint density at radius 3 is 3.14 bits per heavy atom. The Balaban J connectivity index is 2.27. The fraction of sp³-hybridized carbons (Fsp3) is 0.400. The van der Waals surface area contributed by atoms with Crippen LogP contribution >= 0.6 is 0 Å². The van der Waals surface area contributed by atoms with Gasteiger partial charge in [0.25, 0.3) is 0 Å². The molecule has 0 radical (unpaired) electrons. The first-order valence-corrected chi connectivity index (χ1v) is 4.57. The Hall–Kier alpha value is -1.58. The Morgan fingerprint density at radius 1 is 1.64 bits per heavy atom. The predicted molar refractivity (Wildman–Crippen MR) is 51.2 cm³/mol. The molecule has 1 atom stereocenters. The lowest BCUT2D eigenvalue weighted by molar-refractivity contribution is -0.119. The third-order valence-corrected chi connectivity index (χ3v) is 2.41. The Morgan fingerprint density at radius 2 is 2.50 bits per heavy atom. The summed E-state index contributed by atoms with van der Waals surface area (Å²) in [6, 6.07) is 3.82. The molecule has 0 bridgehead atoms. The van der Waals surface area contributed by atoms with Gasteiger partial charge in [0.05, 0.1) is 7.11 Å². The Labute approximate surface area is 82.3 Å². The van der Waals surface area contributed by atoms with Crippen LogP contribution in [0, 0.1) is 0 Å². The van der Waals surface area contributed by atoms with E-state index in [1.54, 1.807) is 13.3 Å². The Bertz CT molecular complexity index is 352. The number of nitrogens with zero attached hydrogens (tertiary/aromatic N) is 1. The maximum atomic E-state index is 11.1. The van der Waals surface area contributed by atoms with Crippen molar-refractivity contribution in [1.29, 1.82) is 0 Å². The van der Waals surface area contributed by atoms with Crippen LogP contribution in [0.1, 0.15) is 17.9 Å². The third kappa shape index (κ3) is 1.55. The molecule has 0 aliphatic carbocycles. The summed E-state index contributed by atoms with van der Waals surface area (Å²) < 4.78 is 5.14. The van der Waals surface area contributed by atoms with E-state index in [4.69, 9.17) is 4.74 Å². The first-order chi connectivity index (χ1) is 6.81. The first kappa shape index (κ1) is 8.99. The highest BCUT2D eigenvalue weighted by molar-refractivity contribution is 5.79. The molecule has 0 spiro atoms. The van der Waals surface area contributed by atoms with Crippen LogP contribution in [-0.2, 0) is 4.79 Å². The molecule has 74 valence electrons. The van der Waals surface area contributed by atoms with E-state index in [0.717, 1.165) is 5.56 Å². The van der Waals surface area contributed by atoms with Crippen LogP contribution in [0.2, 0.25) is 0 Å². The number of hydrogen-bond acceptors (Lipinski definition) is 3. The van der Waals surface area contributed by atoms with Crippen molar-refractivity contribution in [1.82, 2.24) is 10.3 Å². The summed E-state index contributed by atoms with van der Waals surface area (Å²) in [5, 5.41) is 2.80. The molecule has 1 aromatic rings. The second kappa shape index (κ2) is 3.65. The number of aromatic nitrogens is 1. The van der Waals surface area contributed by atoms with Crippen molar-refractivity contribution in [3.05, 3.63) is 23.9 Å². The SMILES string of the molecule is COc1ncccc1C1CNC(=O)C1. The number of carbonyl (C=O) groups excluding carboxylic acids is 1. The lowest BCUT2D eigenvalue weighted by Gasteiger charge is -2.10. The number of nitrogens with one attached hydrogen (secondary N) is 1. The summed E-state index contributed by atoms with van der Waals surface area (Å²) in [6.07, 6.45) is 2.22. The number of methoxy groups -OCH3 is 1. The highest BCUT2D eigenvalue weighted by atomic mass is 16.5. The van der Waals surface area contributed by atoms with Gasteiger partial charge in [-0.15, -0.1) is 0 Å². The second-order valence-electron chi connectivity index (χ2n) is 3.31. The molecule has 2 heterocycles. The lowest BCUT2D eigenvalue weighted by atomic mass is 10.00. The largest absolute Gasteiger partial charge is 0.481 e. The molecule has 1 aliphatic rings. The van der Waals surface area contributed by atoms with Gasteiger partial charge in [-0.25, -0.2) is 4.98 Å². The number of amides is 1. The minimum absolute atomic E-state index is 0.0981. The summed E-state index contributed by atoms with van der Waals surface area (Å²) >= 11 is 0. The van der Waals surface area contributed by atoms with Crippen LogP contribution in [0.3, 0.4) is 0 Å². The molecule has 1 aromatic heterocycles. The molecule has 14 heavy (non-hydrogen) atoms. The zero-order chi connectivity index (χ0) is 9.97. The summed E-state index contributed by atoms with van der Waals surface area (Å²) in [4.78, 5) is 15.2. The van der Waals surface area contributed by atoms with Crippen molar-refractivity contribution in [2.24, 2.45) is 0 Å². The van der Waals surface area contributed by atoms with E-state index in [1.165, 1.54) is 0 Å². The fourth-order valence-corrected chi connectivity index (χ4v) is 1.71. The molecule has 0 saturated carbocycles. The van der Waals surface area contributed by atoms with Gasteiger partial charge >= 0.3 is 0 Å². The van der Waals surface area contributed by atoms with Gasteiger partial charge in [-0.1, -0.05) is 6.07 Å². The first-order valence-electron chi connectivity index (χ1n) is 4.57. The maximum Gasteiger partial charge on any atom is 0.220 e. The zero-order valence-electron chi connectivity index (χ0n) is 7.99. The number of pyridine rings is 1. The summed E-state index contributed by atoms with van der Waals surface area (Å²) in [5.74, 6) is 0.918. The van der Waals surface area contributed by atoms with Crippen molar-refractivity contribution < 1.29 is 9.53 Å². The van der Waals surface area contributed by atoms with E-state index in [2.05, 4.69) is 10.3 Å². The van der Waals surface area contributed by atoms with E-state index >= 15 is 0 Å². The number of carbonyl (C=O) groups is 1. The van der Waals surface area contributed by atoms with Crippen molar-refractivity contribution >= 4 is 5.91 Å². The van der Waals surface area contributed by atoms with Gasteiger partial charge in [0.1, 0.15) is 0 Å². The molecule has 1 unspecified atom stereocenters. The van der Waals surface area contributed by atoms with Crippen molar-refractivity contribution in [2.45, 2.75) is 12.3 Å². The van der Waals surface area contributed by atoms with Crippen LogP contribution in [-0.4, -0.2) is 24.5 Å². The van der Waals surface area contributed by atoms with Gasteiger partial charge in [-0.05, 0) is 6.07 Å². The fourth-order valence-electron chi connectivity index (χ4n) is 1.71. The summed E-state index contributed by atoms with van der Waals surface area (Å²) in [7, 11) is 1.59. The molecule has 2 rings (SSSR count). The molecule has 4 nitrogen and oxygen atoms in total. The summed E-state index contributed by atoms with van der Waals surface area (Å²) in [5.41, 5.74) is 1.01. The van der Waals surface area contributed by atoms with Crippen LogP contribution < -0.4 is 10.1 Å². The molecule has 1 fully saturated rings. The van der Waals surface area contributed by atoms with Gasteiger partial charge in [-0.3, -0.25) is 4.79 Å². The van der Waals surface area contributed by atoms with E-state index in [0.29, 0.717) is 18.8 Å². The molecule has 4 heteroatoms. The van der Waals surface area contributed by atoms with Crippen LogP contribution in [0.4, 0.5) is 0 Å². The maximum absolute atomic E-state index is 11.1. The predicted octanol–water partition coefficient (Wildman–Crippen LogP) is 0.694. The minimum atomic E-state index is 0.0981. The normalized spacial score (nSPS) is 20.6. The molecule has 1 aliphatic heterocycles. The smallest absolute Gasteiger partial charge is 0.220 e. The number of hydrogen-bond donors (Lipinski definition) is 1. The van der Waals surface area contributed by atoms with Gasteiger partial charge in [0, 0.05) is 30.6 Å². The third-order valence-electron chi connectivity index (χ3n) is 2.41. The van der Waals surface area contributed by atoms with E-state index in [1.807, 2.05) is 12.1 Å². The van der Waals surface area contributed by atoms with Gasteiger partial charge in [-0.2, -0.15) is 0 Å². The molecule has 1 amide bonds. The monoisotopic (exact) mass is 192 g/mol. The average Bonchev–Trinajstić information content (AvgIpc) is 2.65. The molecular weight excluding hydrogens is 180 g/mol. The van der Waals surface area contributed by atoms with Crippen LogP contribution in [0.25, 0.3) is 0 Å². The number of ether oxygens (including phenoxy) is 1. The molecule has 1 N–H and O–H groups in total. The van der Waals surface area contributed by atoms with Gasteiger partial charge < -0.3 is 10.1 Å². The van der Waals surface area contributed by atoms with Crippen LogP contribution in [0.5, 0.6) is 5.88 Å². The van der Waals surface area contributed by atoms with E-state index in [-0.39, 0.29) is 11.8 Å². The topological polar surface area (TPSA) is 51.2 Å². The van der Waals surface area contributed by atoms with Crippen molar-refractivity contribution in [2.75, 3.05) is 13.7 Å². The van der Waals surface area contributed by atoms with E-state index < -0.39 is 0 Å². The minimum Gasteiger partial charge on any atom is -0.481 e. The van der Waals surface area contributed by atoms with Crippen LogP contribution in [0.15, 0.2) is 18.3 Å². The Kier molecular flexibility index (Phi) is 2.35. The molecular formula is C10H12N2O2. The number of rotatable bonds is 2. The second-order valence-corrected chi connectivity index (χ2v) is 3.31. The zero-order valence-corrected chi connectivity index (χ0v) is 7.99. The average molecular weight is 192 g/mol. The van der Waals surface area contributed by atoms with Crippen molar-refractivity contribution in [3.8, 4) is 5.88 Å². The van der Waals surface area contributed by atoms with Crippen molar-refractivity contribution in [3.63, 3.8) is 0 Å². The standard InChI is InChI=1S/C10H12N2O2/c1-14-10-8(3-2-4-11-10)7-5-9(13)12-6-7/h2-4,7H,5-6H2,1H3,(H,12,13).